The molecule has 0 radical (unpaired) electrons. The van der Waals surface area contributed by atoms with Gasteiger partial charge in [-0.1, -0.05) is 23.7 Å². The van der Waals surface area contributed by atoms with Crippen molar-refractivity contribution in [1.29, 1.82) is 0 Å². The Labute approximate surface area is 84.1 Å². The molecule has 0 amide bonds. The molecule has 0 bridgehead atoms. The first kappa shape index (κ1) is 9.04. The third-order valence-corrected chi connectivity index (χ3v) is 3.15. The van der Waals surface area contributed by atoms with Crippen LogP contribution in [-0.4, -0.2) is 6.54 Å². The molecule has 1 aliphatic rings. The number of hydrogen-bond acceptors (Lipinski definition) is 1. The van der Waals surface area contributed by atoms with Gasteiger partial charge < -0.3 is 5.32 Å². The van der Waals surface area contributed by atoms with E-state index in [1.54, 1.807) is 0 Å². The Balaban J connectivity index is 2.33. The summed E-state index contributed by atoms with van der Waals surface area (Å²) in [7, 11) is 0. The maximum absolute atomic E-state index is 6.06. The first-order chi connectivity index (χ1) is 6.29. The Hall–Kier alpha value is -0.530. The van der Waals surface area contributed by atoms with Crippen LogP contribution in [0.2, 0.25) is 5.02 Å². The van der Waals surface area contributed by atoms with Crippen molar-refractivity contribution in [1.82, 2.24) is 5.32 Å². The second-order valence-corrected chi connectivity index (χ2v) is 4.01. The maximum Gasteiger partial charge on any atom is 0.0438 e. The summed E-state index contributed by atoms with van der Waals surface area (Å²) in [4.78, 5) is 0. The van der Waals surface area contributed by atoms with E-state index in [1.807, 2.05) is 12.1 Å². The number of benzene rings is 1. The highest BCUT2D eigenvalue weighted by atomic mass is 35.5. The monoisotopic (exact) mass is 195 g/mol. The normalized spacial score (nSPS) is 22.2. The van der Waals surface area contributed by atoms with Crippen LogP contribution >= 0.6 is 11.6 Å². The fraction of sp³-hybridized carbons (Fsp3) is 0.455. The van der Waals surface area contributed by atoms with Crippen molar-refractivity contribution < 1.29 is 0 Å². The van der Waals surface area contributed by atoms with E-state index in [9.17, 15) is 0 Å². The minimum atomic E-state index is 0.527. The number of rotatable bonds is 1. The lowest BCUT2D eigenvalue weighted by molar-refractivity contribution is 0.644. The van der Waals surface area contributed by atoms with E-state index < -0.39 is 0 Å². The standard InChI is InChI=1S/C11H14ClN/c1-8-9(4-2-5-10(8)12)11-6-3-7-13-11/h2,4-5,11,13H,3,6-7H2,1H3/t11-/m0/s1. The fourth-order valence-corrected chi connectivity index (χ4v) is 2.13. The molecule has 70 valence electrons. The van der Waals surface area contributed by atoms with Crippen molar-refractivity contribution >= 4 is 11.6 Å². The van der Waals surface area contributed by atoms with Crippen LogP contribution in [0.25, 0.3) is 0 Å². The molecular formula is C11H14ClN. The van der Waals surface area contributed by atoms with Gasteiger partial charge in [0, 0.05) is 11.1 Å². The van der Waals surface area contributed by atoms with Crippen molar-refractivity contribution in [3.63, 3.8) is 0 Å². The third kappa shape index (κ3) is 1.72. The summed E-state index contributed by atoms with van der Waals surface area (Å²) in [5.74, 6) is 0. The molecule has 1 atom stereocenters. The number of hydrogen-bond donors (Lipinski definition) is 1. The zero-order valence-electron chi connectivity index (χ0n) is 7.81. The van der Waals surface area contributed by atoms with Gasteiger partial charge in [0.05, 0.1) is 0 Å². The van der Waals surface area contributed by atoms with Gasteiger partial charge in [0.25, 0.3) is 0 Å². The minimum absolute atomic E-state index is 0.527. The van der Waals surface area contributed by atoms with Gasteiger partial charge in [-0.15, -0.1) is 0 Å². The first-order valence-corrected chi connectivity index (χ1v) is 5.15. The van der Waals surface area contributed by atoms with Gasteiger partial charge in [0.2, 0.25) is 0 Å². The topological polar surface area (TPSA) is 12.0 Å². The molecule has 1 N–H and O–H groups in total. The number of nitrogens with one attached hydrogen (secondary N) is 1. The predicted molar refractivity (Wildman–Crippen MR) is 56.2 cm³/mol. The maximum atomic E-state index is 6.06. The Morgan fingerprint density at radius 1 is 1.46 bits per heavy atom. The van der Waals surface area contributed by atoms with E-state index in [0.29, 0.717) is 6.04 Å². The zero-order valence-corrected chi connectivity index (χ0v) is 8.56. The molecule has 0 saturated carbocycles. The van der Waals surface area contributed by atoms with Crippen LogP contribution in [0.5, 0.6) is 0 Å². The lowest BCUT2D eigenvalue weighted by Crippen LogP contribution is -2.13. The van der Waals surface area contributed by atoms with E-state index in [2.05, 4.69) is 18.3 Å². The van der Waals surface area contributed by atoms with Crippen LogP contribution in [0.3, 0.4) is 0 Å². The second kappa shape index (κ2) is 3.69. The van der Waals surface area contributed by atoms with E-state index in [4.69, 9.17) is 11.6 Å². The van der Waals surface area contributed by atoms with Gasteiger partial charge in [-0.25, -0.2) is 0 Å². The average Bonchev–Trinajstić information content (AvgIpc) is 2.62. The Kier molecular flexibility index (Phi) is 2.56. The fourth-order valence-electron chi connectivity index (χ4n) is 1.95. The molecule has 1 aromatic carbocycles. The summed E-state index contributed by atoms with van der Waals surface area (Å²) in [6.07, 6.45) is 2.51. The van der Waals surface area contributed by atoms with E-state index in [0.717, 1.165) is 11.6 Å². The minimum Gasteiger partial charge on any atom is -0.310 e. The van der Waals surface area contributed by atoms with Crippen molar-refractivity contribution in [3.05, 3.63) is 34.3 Å². The van der Waals surface area contributed by atoms with Gasteiger partial charge in [0.1, 0.15) is 0 Å². The van der Waals surface area contributed by atoms with Gasteiger partial charge >= 0.3 is 0 Å². The van der Waals surface area contributed by atoms with E-state index in [-0.39, 0.29) is 0 Å². The molecule has 1 aliphatic heterocycles. The summed E-state index contributed by atoms with van der Waals surface area (Å²) in [5, 5.41) is 4.36. The predicted octanol–water partition coefficient (Wildman–Crippen LogP) is 3.07. The van der Waals surface area contributed by atoms with Gasteiger partial charge in [-0.05, 0) is 43.5 Å². The third-order valence-electron chi connectivity index (χ3n) is 2.75. The van der Waals surface area contributed by atoms with Crippen molar-refractivity contribution in [2.45, 2.75) is 25.8 Å². The van der Waals surface area contributed by atoms with Crippen LogP contribution in [0.1, 0.15) is 30.0 Å². The SMILES string of the molecule is Cc1c(Cl)cccc1[C@@H]1CCCN1. The molecule has 13 heavy (non-hydrogen) atoms. The molecule has 0 aliphatic carbocycles. The van der Waals surface area contributed by atoms with Crippen LogP contribution < -0.4 is 5.32 Å². The van der Waals surface area contributed by atoms with Crippen molar-refractivity contribution in [2.75, 3.05) is 6.54 Å². The Morgan fingerprint density at radius 3 is 3.00 bits per heavy atom. The summed E-state index contributed by atoms with van der Waals surface area (Å²) in [5.41, 5.74) is 2.59. The van der Waals surface area contributed by atoms with E-state index >= 15 is 0 Å². The molecule has 0 unspecified atom stereocenters. The molecular weight excluding hydrogens is 182 g/mol. The zero-order chi connectivity index (χ0) is 9.26. The van der Waals surface area contributed by atoms with Crippen molar-refractivity contribution in [3.8, 4) is 0 Å². The molecule has 1 aromatic rings. The molecule has 1 fully saturated rings. The van der Waals surface area contributed by atoms with Crippen LogP contribution in [0.15, 0.2) is 18.2 Å². The highest BCUT2D eigenvalue weighted by Crippen LogP contribution is 2.29. The summed E-state index contributed by atoms with van der Waals surface area (Å²) < 4.78 is 0. The molecule has 1 heterocycles. The number of halogens is 1. The van der Waals surface area contributed by atoms with Gasteiger partial charge in [0.15, 0.2) is 0 Å². The molecule has 2 heteroatoms. The second-order valence-electron chi connectivity index (χ2n) is 3.60. The quantitative estimate of drug-likeness (QED) is 0.727. The van der Waals surface area contributed by atoms with Gasteiger partial charge in [-0.3, -0.25) is 0 Å². The first-order valence-electron chi connectivity index (χ1n) is 4.77. The molecule has 1 nitrogen and oxygen atoms in total. The lowest BCUT2D eigenvalue weighted by Gasteiger charge is -2.14. The highest BCUT2D eigenvalue weighted by molar-refractivity contribution is 6.31. The highest BCUT2D eigenvalue weighted by Gasteiger charge is 2.18. The summed E-state index contributed by atoms with van der Waals surface area (Å²) in [6.45, 7) is 3.23. The smallest absolute Gasteiger partial charge is 0.0438 e. The van der Waals surface area contributed by atoms with Crippen LogP contribution in [-0.2, 0) is 0 Å². The van der Waals surface area contributed by atoms with E-state index in [1.165, 1.54) is 24.0 Å². The Bertz CT molecular complexity index is 303. The Morgan fingerprint density at radius 2 is 2.31 bits per heavy atom. The van der Waals surface area contributed by atoms with Crippen LogP contribution in [0.4, 0.5) is 0 Å². The average molecular weight is 196 g/mol. The summed E-state index contributed by atoms with van der Waals surface area (Å²) in [6, 6.07) is 6.68. The molecule has 0 aromatic heterocycles. The summed E-state index contributed by atoms with van der Waals surface area (Å²) >= 11 is 6.06. The van der Waals surface area contributed by atoms with Gasteiger partial charge in [-0.2, -0.15) is 0 Å². The van der Waals surface area contributed by atoms with Crippen molar-refractivity contribution in [2.24, 2.45) is 0 Å². The largest absolute Gasteiger partial charge is 0.310 e. The molecule has 2 rings (SSSR count). The molecule has 0 spiro atoms. The molecule has 1 saturated heterocycles. The van der Waals surface area contributed by atoms with Crippen LogP contribution in [0, 0.1) is 6.92 Å². The lowest BCUT2D eigenvalue weighted by atomic mass is 10.0.